The summed E-state index contributed by atoms with van der Waals surface area (Å²) in [6.45, 7) is 0.969. The van der Waals surface area contributed by atoms with E-state index in [1.54, 1.807) is 0 Å². The van der Waals surface area contributed by atoms with Crippen LogP contribution in [0, 0.1) is 11.3 Å². The number of aromatic nitrogens is 1. The molecule has 0 saturated carbocycles. The van der Waals surface area contributed by atoms with Gasteiger partial charge in [-0.3, -0.25) is 9.59 Å². The molecule has 1 aromatic rings. The minimum Gasteiger partial charge on any atom is -0.318 e. The van der Waals surface area contributed by atoms with E-state index in [9.17, 15) is 22.8 Å². The summed E-state index contributed by atoms with van der Waals surface area (Å²) in [6, 6.07) is 1.84. The molecule has 0 unspecified atom stereocenters. The van der Waals surface area contributed by atoms with Gasteiger partial charge < -0.3 is 5.32 Å². The highest BCUT2D eigenvalue weighted by Crippen LogP contribution is 2.32. The topological polar surface area (TPSA) is 82.8 Å². The number of hydrogen-bond acceptors (Lipinski definition) is 4. The summed E-state index contributed by atoms with van der Waals surface area (Å²) in [5, 5.41) is 10.4. The predicted octanol–water partition coefficient (Wildman–Crippen LogP) is 1.50. The van der Waals surface area contributed by atoms with E-state index in [0.717, 1.165) is 13.1 Å². The molecule has 0 radical (unpaired) electrons. The monoisotopic (exact) mass is 257 g/mol. The first kappa shape index (κ1) is 13.6. The Balaban J connectivity index is 3.16. The van der Waals surface area contributed by atoms with Crippen LogP contribution in [-0.4, -0.2) is 16.7 Å². The predicted molar refractivity (Wildman–Crippen MR) is 53.3 cm³/mol. The van der Waals surface area contributed by atoms with Crippen molar-refractivity contribution < 1.29 is 22.8 Å². The van der Waals surface area contributed by atoms with Crippen LogP contribution in [0.25, 0.3) is 0 Å². The number of carbonyl (C=O) groups is 2. The van der Waals surface area contributed by atoms with Gasteiger partial charge in [0.25, 0.3) is 5.91 Å². The van der Waals surface area contributed by atoms with Gasteiger partial charge in [-0.15, -0.1) is 0 Å². The van der Waals surface area contributed by atoms with E-state index < -0.39 is 29.1 Å². The minimum atomic E-state index is -4.77. The van der Waals surface area contributed by atoms with E-state index in [0.29, 0.717) is 6.07 Å². The zero-order valence-corrected chi connectivity index (χ0v) is 9.00. The molecule has 1 rings (SSSR count). The van der Waals surface area contributed by atoms with E-state index >= 15 is 0 Å². The van der Waals surface area contributed by atoms with Gasteiger partial charge in [0, 0.05) is 6.92 Å². The van der Waals surface area contributed by atoms with Crippen LogP contribution in [0.3, 0.4) is 0 Å². The van der Waals surface area contributed by atoms with Gasteiger partial charge in [-0.1, -0.05) is 0 Å². The summed E-state index contributed by atoms with van der Waals surface area (Å²) in [7, 11) is 0. The van der Waals surface area contributed by atoms with Gasteiger partial charge in [0.1, 0.15) is 6.07 Å². The Labute approximate surface area is 99.2 Å². The van der Waals surface area contributed by atoms with E-state index in [-0.39, 0.29) is 5.69 Å². The molecular weight excluding hydrogens is 251 g/mol. The number of pyridine rings is 1. The Morgan fingerprint density at radius 3 is 2.50 bits per heavy atom. The zero-order chi connectivity index (χ0) is 13.9. The number of halogens is 3. The molecule has 0 aliphatic heterocycles. The molecule has 0 saturated heterocycles. The maximum absolute atomic E-state index is 12.5. The average Bonchev–Trinajstić information content (AvgIpc) is 2.27. The number of nitrogens with zero attached hydrogens (tertiary/aromatic N) is 2. The van der Waals surface area contributed by atoms with Gasteiger partial charge >= 0.3 is 6.18 Å². The number of hydrogen-bond donors (Lipinski definition) is 1. The Bertz CT molecular complexity index is 546. The lowest BCUT2D eigenvalue weighted by Gasteiger charge is -2.10. The highest BCUT2D eigenvalue weighted by Gasteiger charge is 2.34. The summed E-state index contributed by atoms with van der Waals surface area (Å²) in [6.07, 6.45) is -3.90. The van der Waals surface area contributed by atoms with Crippen LogP contribution in [0.5, 0.6) is 0 Å². The van der Waals surface area contributed by atoms with E-state index in [2.05, 4.69) is 4.98 Å². The van der Waals surface area contributed by atoms with Gasteiger partial charge in [-0.05, 0) is 6.07 Å². The SMILES string of the molecule is CC(=O)C(=O)Nc1cnc(C#N)c(C(F)(F)F)c1. The van der Waals surface area contributed by atoms with Crippen LogP contribution >= 0.6 is 0 Å². The van der Waals surface area contributed by atoms with Crippen molar-refractivity contribution in [2.75, 3.05) is 5.32 Å². The first-order valence-electron chi connectivity index (χ1n) is 4.55. The number of carbonyl (C=O) groups excluding carboxylic acids is 2. The van der Waals surface area contributed by atoms with Gasteiger partial charge in [-0.2, -0.15) is 18.4 Å². The first-order valence-corrected chi connectivity index (χ1v) is 4.55. The van der Waals surface area contributed by atoms with Crippen LogP contribution in [0.2, 0.25) is 0 Å². The number of rotatable bonds is 2. The van der Waals surface area contributed by atoms with E-state index in [4.69, 9.17) is 5.26 Å². The third kappa shape index (κ3) is 3.04. The summed E-state index contributed by atoms with van der Waals surface area (Å²) in [4.78, 5) is 24.9. The quantitative estimate of drug-likeness (QED) is 0.814. The number of Topliss-reactive ketones (excluding diaryl/α,β-unsaturated/α-hetero) is 1. The van der Waals surface area contributed by atoms with Crippen molar-refractivity contribution >= 4 is 17.4 Å². The summed E-state index contributed by atoms with van der Waals surface area (Å²) >= 11 is 0. The molecule has 0 aliphatic rings. The molecule has 0 aromatic carbocycles. The molecular formula is C10H6F3N3O2. The van der Waals surface area contributed by atoms with Crippen LogP contribution < -0.4 is 5.32 Å². The van der Waals surface area contributed by atoms with Crippen molar-refractivity contribution in [2.45, 2.75) is 13.1 Å². The number of nitrogens with one attached hydrogen (secondary N) is 1. The number of nitriles is 1. The van der Waals surface area contributed by atoms with Crippen molar-refractivity contribution in [3.8, 4) is 6.07 Å². The number of anilines is 1. The molecule has 1 aromatic heterocycles. The number of ketones is 1. The van der Waals surface area contributed by atoms with Gasteiger partial charge in [0.05, 0.1) is 17.4 Å². The smallest absolute Gasteiger partial charge is 0.318 e. The maximum atomic E-state index is 12.5. The van der Waals surface area contributed by atoms with Gasteiger partial charge in [0.15, 0.2) is 5.69 Å². The minimum absolute atomic E-state index is 0.304. The van der Waals surface area contributed by atoms with E-state index in [1.807, 2.05) is 5.32 Å². The molecule has 94 valence electrons. The third-order valence-corrected chi connectivity index (χ3v) is 1.88. The highest BCUT2D eigenvalue weighted by molar-refractivity contribution is 6.39. The molecule has 5 nitrogen and oxygen atoms in total. The first-order chi connectivity index (χ1) is 8.25. The molecule has 0 spiro atoms. The Kier molecular flexibility index (Phi) is 3.66. The second-order valence-electron chi connectivity index (χ2n) is 3.24. The fourth-order valence-corrected chi connectivity index (χ4v) is 1.06. The Morgan fingerprint density at radius 1 is 1.44 bits per heavy atom. The molecule has 1 heterocycles. The van der Waals surface area contributed by atoms with Gasteiger partial charge in [0.2, 0.25) is 5.78 Å². The fourth-order valence-electron chi connectivity index (χ4n) is 1.06. The van der Waals surface area contributed by atoms with Crippen molar-refractivity contribution in [1.29, 1.82) is 5.26 Å². The zero-order valence-electron chi connectivity index (χ0n) is 9.00. The lowest BCUT2D eigenvalue weighted by molar-refractivity contribution is -0.138. The average molecular weight is 257 g/mol. The molecule has 18 heavy (non-hydrogen) atoms. The lowest BCUT2D eigenvalue weighted by atomic mass is 10.2. The molecule has 0 aliphatic carbocycles. The highest BCUT2D eigenvalue weighted by atomic mass is 19.4. The second kappa shape index (κ2) is 4.83. The van der Waals surface area contributed by atoms with E-state index in [1.165, 1.54) is 6.07 Å². The van der Waals surface area contributed by atoms with Gasteiger partial charge in [-0.25, -0.2) is 4.98 Å². The van der Waals surface area contributed by atoms with Crippen molar-refractivity contribution in [3.05, 3.63) is 23.5 Å². The molecule has 0 atom stereocenters. The standard InChI is InChI=1S/C10H6F3N3O2/c1-5(17)9(18)16-6-2-7(10(11,12)13)8(3-14)15-4-6/h2,4H,1H3,(H,16,18). The normalized spacial score (nSPS) is 10.6. The van der Waals surface area contributed by atoms with Crippen molar-refractivity contribution in [2.24, 2.45) is 0 Å². The van der Waals surface area contributed by atoms with Crippen molar-refractivity contribution in [3.63, 3.8) is 0 Å². The van der Waals surface area contributed by atoms with Crippen LogP contribution in [0.4, 0.5) is 18.9 Å². The maximum Gasteiger partial charge on any atom is 0.419 e. The largest absolute Gasteiger partial charge is 0.419 e. The van der Waals surface area contributed by atoms with Crippen LogP contribution in [0.1, 0.15) is 18.2 Å². The lowest BCUT2D eigenvalue weighted by Crippen LogP contribution is -2.20. The molecule has 1 N–H and O–H groups in total. The fraction of sp³-hybridized carbons (Fsp3) is 0.200. The molecule has 0 bridgehead atoms. The Hall–Kier alpha value is -2.43. The van der Waals surface area contributed by atoms with Crippen LogP contribution in [-0.2, 0) is 15.8 Å². The van der Waals surface area contributed by atoms with Crippen LogP contribution in [0.15, 0.2) is 12.3 Å². The summed E-state index contributed by atoms with van der Waals surface area (Å²) in [5.74, 6) is -1.91. The number of alkyl halides is 3. The third-order valence-electron chi connectivity index (χ3n) is 1.88. The number of amides is 1. The molecule has 8 heteroatoms. The molecule has 1 amide bonds. The summed E-state index contributed by atoms with van der Waals surface area (Å²) in [5.41, 5.74) is -2.38. The Morgan fingerprint density at radius 2 is 2.06 bits per heavy atom. The summed E-state index contributed by atoms with van der Waals surface area (Å²) < 4.78 is 37.6. The van der Waals surface area contributed by atoms with Crippen molar-refractivity contribution in [1.82, 2.24) is 4.98 Å². The second-order valence-corrected chi connectivity index (χ2v) is 3.24. The molecule has 0 fully saturated rings.